The molecule has 0 radical (unpaired) electrons. The zero-order valence-corrected chi connectivity index (χ0v) is 12.1. The van der Waals surface area contributed by atoms with Crippen LogP contribution in [0, 0.1) is 0 Å². The summed E-state index contributed by atoms with van der Waals surface area (Å²) >= 11 is 0. The fourth-order valence-corrected chi connectivity index (χ4v) is 2.32. The maximum Gasteiger partial charge on any atom is 0.244 e. The highest BCUT2D eigenvalue weighted by Crippen LogP contribution is 2.18. The molecular formula is C16H20N2O3. The van der Waals surface area contributed by atoms with Crippen LogP contribution in [0.3, 0.4) is 0 Å². The van der Waals surface area contributed by atoms with Gasteiger partial charge < -0.3 is 15.4 Å². The highest BCUT2D eigenvalue weighted by atomic mass is 16.5. The van der Waals surface area contributed by atoms with E-state index in [1.54, 1.807) is 13.2 Å². The van der Waals surface area contributed by atoms with Crippen molar-refractivity contribution >= 4 is 17.9 Å². The second-order valence-corrected chi connectivity index (χ2v) is 4.98. The molecule has 0 bridgehead atoms. The van der Waals surface area contributed by atoms with E-state index in [1.165, 1.54) is 6.08 Å². The van der Waals surface area contributed by atoms with E-state index in [2.05, 4.69) is 10.6 Å². The quantitative estimate of drug-likeness (QED) is 0.825. The summed E-state index contributed by atoms with van der Waals surface area (Å²) in [4.78, 5) is 23.4. The molecule has 1 aliphatic rings. The maximum absolute atomic E-state index is 11.9. The third-order valence-corrected chi connectivity index (χ3v) is 3.38. The fraction of sp³-hybridized carbons (Fsp3) is 0.375. The molecule has 0 spiro atoms. The van der Waals surface area contributed by atoms with Crippen molar-refractivity contribution in [3.05, 3.63) is 35.9 Å². The summed E-state index contributed by atoms with van der Waals surface area (Å²) in [6, 6.07) is 7.38. The Bertz CT molecular complexity index is 540. The number of ether oxygens (including phenoxy) is 1. The van der Waals surface area contributed by atoms with Gasteiger partial charge in [-0.15, -0.1) is 0 Å². The van der Waals surface area contributed by atoms with Crippen molar-refractivity contribution in [2.24, 2.45) is 0 Å². The Hall–Kier alpha value is -2.30. The van der Waals surface area contributed by atoms with Crippen LogP contribution in [0.15, 0.2) is 30.3 Å². The van der Waals surface area contributed by atoms with Gasteiger partial charge in [0.05, 0.1) is 7.11 Å². The molecule has 1 fully saturated rings. The third kappa shape index (κ3) is 4.63. The monoisotopic (exact) mass is 288 g/mol. The summed E-state index contributed by atoms with van der Waals surface area (Å²) < 4.78 is 5.22. The van der Waals surface area contributed by atoms with E-state index in [0.717, 1.165) is 24.2 Å². The molecule has 0 saturated carbocycles. The van der Waals surface area contributed by atoms with E-state index in [9.17, 15) is 9.59 Å². The van der Waals surface area contributed by atoms with E-state index in [-0.39, 0.29) is 17.9 Å². The minimum Gasteiger partial charge on any atom is -0.496 e. The van der Waals surface area contributed by atoms with Gasteiger partial charge in [0.2, 0.25) is 11.8 Å². The van der Waals surface area contributed by atoms with Gasteiger partial charge in [-0.2, -0.15) is 0 Å². The van der Waals surface area contributed by atoms with Gasteiger partial charge in [-0.05, 0) is 25.0 Å². The van der Waals surface area contributed by atoms with Crippen LogP contribution >= 0.6 is 0 Å². The van der Waals surface area contributed by atoms with Gasteiger partial charge in [-0.25, -0.2) is 0 Å². The van der Waals surface area contributed by atoms with Crippen molar-refractivity contribution in [2.75, 3.05) is 13.7 Å². The second-order valence-electron chi connectivity index (χ2n) is 4.98. The molecule has 1 aliphatic heterocycles. The number of methoxy groups -OCH3 is 1. The molecule has 1 heterocycles. The lowest BCUT2D eigenvalue weighted by atomic mass is 10.1. The first-order valence-electron chi connectivity index (χ1n) is 7.07. The standard InChI is InChI=1S/C16H20N2O3/c1-21-14-7-3-2-5-12(14)8-9-15(19)18-13-6-4-10-17-16(20)11-13/h2-3,5,7-9,13H,4,6,10-11H2,1H3,(H,17,20)(H,18,19). The van der Waals surface area contributed by atoms with Gasteiger partial charge in [-0.1, -0.05) is 18.2 Å². The van der Waals surface area contributed by atoms with Crippen molar-refractivity contribution in [3.8, 4) is 5.75 Å². The Kier molecular flexibility index (Phi) is 5.37. The molecule has 21 heavy (non-hydrogen) atoms. The molecular weight excluding hydrogens is 268 g/mol. The average Bonchev–Trinajstić information content (AvgIpc) is 2.69. The molecule has 1 saturated heterocycles. The van der Waals surface area contributed by atoms with Crippen LogP contribution in [-0.2, 0) is 9.59 Å². The predicted molar refractivity (Wildman–Crippen MR) is 80.8 cm³/mol. The van der Waals surface area contributed by atoms with Crippen molar-refractivity contribution in [3.63, 3.8) is 0 Å². The molecule has 5 nitrogen and oxygen atoms in total. The third-order valence-electron chi connectivity index (χ3n) is 3.38. The van der Waals surface area contributed by atoms with Crippen LogP contribution in [0.25, 0.3) is 6.08 Å². The second kappa shape index (κ2) is 7.47. The summed E-state index contributed by atoms with van der Waals surface area (Å²) in [5, 5.41) is 5.67. The molecule has 2 amide bonds. The van der Waals surface area contributed by atoms with E-state index < -0.39 is 0 Å². The molecule has 1 unspecified atom stereocenters. The van der Waals surface area contributed by atoms with Crippen LogP contribution in [0.5, 0.6) is 5.75 Å². The summed E-state index contributed by atoms with van der Waals surface area (Å²) in [5.41, 5.74) is 0.841. The fourth-order valence-electron chi connectivity index (χ4n) is 2.32. The van der Waals surface area contributed by atoms with Gasteiger partial charge in [0.25, 0.3) is 0 Å². The summed E-state index contributed by atoms with van der Waals surface area (Å²) in [5.74, 6) is 0.516. The highest BCUT2D eigenvalue weighted by molar-refractivity contribution is 5.92. The van der Waals surface area contributed by atoms with Gasteiger partial charge in [-0.3, -0.25) is 9.59 Å². The number of hydrogen-bond donors (Lipinski definition) is 2. The number of benzene rings is 1. The number of carbonyl (C=O) groups excluding carboxylic acids is 2. The molecule has 0 aliphatic carbocycles. The van der Waals surface area contributed by atoms with Gasteiger partial charge in [0.15, 0.2) is 0 Å². The topological polar surface area (TPSA) is 67.4 Å². The molecule has 0 aromatic heterocycles. The largest absolute Gasteiger partial charge is 0.496 e. The Morgan fingerprint density at radius 1 is 1.43 bits per heavy atom. The molecule has 1 aromatic carbocycles. The summed E-state index contributed by atoms with van der Waals surface area (Å²) in [6.07, 6.45) is 5.22. The maximum atomic E-state index is 11.9. The van der Waals surface area contributed by atoms with Crippen molar-refractivity contribution in [1.82, 2.24) is 10.6 Å². The highest BCUT2D eigenvalue weighted by Gasteiger charge is 2.18. The van der Waals surface area contributed by atoms with Crippen LogP contribution in [-0.4, -0.2) is 31.5 Å². The molecule has 5 heteroatoms. The lowest BCUT2D eigenvalue weighted by Crippen LogP contribution is -2.35. The molecule has 2 rings (SSSR count). The van der Waals surface area contributed by atoms with Crippen molar-refractivity contribution in [2.45, 2.75) is 25.3 Å². The van der Waals surface area contributed by atoms with Crippen molar-refractivity contribution < 1.29 is 14.3 Å². The number of amides is 2. The lowest BCUT2D eigenvalue weighted by Gasteiger charge is -2.13. The molecule has 2 N–H and O–H groups in total. The van der Waals surface area contributed by atoms with E-state index >= 15 is 0 Å². The smallest absolute Gasteiger partial charge is 0.244 e. The lowest BCUT2D eigenvalue weighted by molar-refractivity contribution is -0.121. The van der Waals surface area contributed by atoms with Crippen LogP contribution < -0.4 is 15.4 Å². The Morgan fingerprint density at radius 2 is 2.24 bits per heavy atom. The predicted octanol–water partition coefficient (Wildman–Crippen LogP) is 1.49. The number of nitrogens with one attached hydrogen (secondary N) is 2. The first-order chi connectivity index (χ1) is 10.2. The molecule has 1 aromatic rings. The van der Waals surface area contributed by atoms with E-state index in [1.807, 2.05) is 24.3 Å². The Morgan fingerprint density at radius 3 is 3.05 bits per heavy atom. The Labute approximate surface area is 124 Å². The van der Waals surface area contributed by atoms with Crippen LogP contribution in [0.4, 0.5) is 0 Å². The van der Waals surface area contributed by atoms with E-state index in [0.29, 0.717) is 13.0 Å². The summed E-state index contributed by atoms with van der Waals surface area (Å²) in [7, 11) is 1.59. The van der Waals surface area contributed by atoms with Crippen LogP contribution in [0.2, 0.25) is 0 Å². The minimum atomic E-state index is -0.194. The first kappa shape index (κ1) is 15.1. The number of carbonyl (C=O) groups is 2. The van der Waals surface area contributed by atoms with Gasteiger partial charge in [0.1, 0.15) is 5.75 Å². The molecule has 112 valence electrons. The van der Waals surface area contributed by atoms with Gasteiger partial charge >= 0.3 is 0 Å². The molecule has 1 atom stereocenters. The normalized spacial score (nSPS) is 18.9. The number of hydrogen-bond acceptors (Lipinski definition) is 3. The number of para-hydroxylation sites is 1. The number of rotatable bonds is 4. The zero-order valence-electron chi connectivity index (χ0n) is 12.1. The minimum absolute atomic E-state index is 0.00786. The zero-order chi connectivity index (χ0) is 15.1. The SMILES string of the molecule is COc1ccccc1C=CC(=O)NC1CCCNC(=O)C1. The average molecular weight is 288 g/mol. The first-order valence-corrected chi connectivity index (χ1v) is 7.07. The van der Waals surface area contributed by atoms with Crippen LogP contribution in [0.1, 0.15) is 24.8 Å². The Balaban J connectivity index is 1.94. The summed E-state index contributed by atoms with van der Waals surface area (Å²) in [6.45, 7) is 0.683. The van der Waals surface area contributed by atoms with E-state index in [4.69, 9.17) is 4.74 Å². The van der Waals surface area contributed by atoms with Crippen molar-refractivity contribution in [1.29, 1.82) is 0 Å². The van der Waals surface area contributed by atoms with Gasteiger partial charge in [0, 0.05) is 30.6 Å².